The van der Waals surface area contributed by atoms with Crippen LogP contribution in [-0.4, -0.2) is 17.1 Å². The zero-order valence-electron chi connectivity index (χ0n) is 10.0. The van der Waals surface area contributed by atoms with E-state index < -0.39 is 0 Å². The van der Waals surface area contributed by atoms with Gasteiger partial charge in [-0.2, -0.15) is 0 Å². The highest BCUT2D eigenvalue weighted by atomic mass is 79.9. The number of hydrogen-bond acceptors (Lipinski definition) is 4. The number of anilines is 2. The van der Waals surface area contributed by atoms with Crippen molar-refractivity contribution in [3.63, 3.8) is 0 Å². The third-order valence-electron chi connectivity index (χ3n) is 2.27. The molecule has 0 spiro atoms. The molecule has 100 valence electrons. The van der Waals surface area contributed by atoms with Gasteiger partial charge in [0, 0.05) is 17.6 Å². The summed E-state index contributed by atoms with van der Waals surface area (Å²) in [5.74, 6) is -0.0844. The zero-order chi connectivity index (χ0) is 13.8. The van der Waals surface area contributed by atoms with E-state index in [4.69, 9.17) is 4.74 Å². The average Bonchev–Trinajstić information content (AvgIpc) is 2.32. The summed E-state index contributed by atoms with van der Waals surface area (Å²) in [7, 11) is 1.52. The topological polar surface area (TPSA) is 67.0 Å². The Morgan fingerprint density at radius 1 is 1.47 bits per heavy atom. The van der Waals surface area contributed by atoms with E-state index in [2.05, 4.69) is 31.2 Å². The van der Waals surface area contributed by atoms with Crippen molar-refractivity contribution in [3.8, 4) is 0 Å². The molecule has 0 atom stereocenters. The molecule has 1 aromatic heterocycles. The number of aromatic amines is 1. The maximum atomic E-state index is 13.0. The number of nitrogens with zero attached hydrogens (tertiary/aromatic N) is 1. The quantitative estimate of drug-likeness (QED) is 0.905. The Kier molecular flexibility index (Phi) is 4.28. The van der Waals surface area contributed by atoms with E-state index in [9.17, 15) is 9.18 Å². The first-order chi connectivity index (χ1) is 9.08. The third-order valence-corrected chi connectivity index (χ3v) is 2.93. The third kappa shape index (κ3) is 3.62. The van der Waals surface area contributed by atoms with Crippen LogP contribution in [0.4, 0.5) is 16.0 Å². The second-order valence-corrected chi connectivity index (χ2v) is 4.62. The van der Waals surface area contributed by atoms with Crippen LogP contribution >= 0.6 is 15.9 Å². The van der Waals surface area contributed by atoms with Crippen molar-refractivity contribution in [3.05, 3.63) is 50.6 Å². The van der Waals surface area contributed by atoms with Crippen molar-refractivity contribution in [2.24, 2.45) is 0 Å². The van der Waals surface area contributed by atoms with Crippen molar-refractivity contribution < 1.29 is 9.13 Å². The van der Waals surface area contributed by atoms with Crippen LogP contribution in [0.5, 0.6) is 0 Å². The maximum absolute atomic E-state index is 13.0. The molecule has 19 heavy (non-hydrogen) atoms. The predicted octanol–water partition coefficient (Wildman–Crippen LogP) is 2.56. The minimum absolute atomic E-state index is 0.239. The lowest BCUT2D eigenvalue weighted by Crippen LogP contribution is -2.12. The highest BCUT2D eigenvalue weighted by Gasteiger charge is 2.05. The van der Waals surface area contributed by atoms with E-state index in [0.29, 0.717) is 15.9 Å². The molecular formula is C12H11BrFN3O2. The summed E-state index contributed by atoms with van der Waals surface area (Å²) in [6.45, 7) is 0.239. The van der Waals surface area contributed by atoms with Gasteiger partial charge in [-0.3, -0.25) is 9.78 Å². The number of benzene rings is 1. The van der Waals surface area contributed by atoms with Crippen molar-refractivity contribution in [2.45, 2.75) is 6.61 Å². The van der Waals surface area contributed by atoms with Gasteiger partial charge in [-0.1, -0.05) is 0 Å². The first-order valence-corrected chi connectivity index (χ1v) is 6.19. The Balaban J connectivity index is 2.30. The Morgan fingerprint density at radius 3 is 2.95 bits per heavy atom. The molecule has 0 amide bonds. The molecule has 0 unspecified atom stereocenters. The second-order valence-electron chi connectivity index (χ2n) is 3.77. The van der Waals surface area contributed by atoms with Crippen molar-refractivity contribution >= 4 is 27.6 Å². The normalized spacial score (nSPS) is 10.5. The monoisotopic (exact) mass is 327 g/mol. The Bertz CT molecular complexity index is 645. The highest BCUT2D eigenvalue weighted by molar-refractivity contribution is 9.10. The molecule has 0 bridgehead atoms. The largest absolute Gasteiger partial charge is 0.378 e. The number of rotatable bonds is 4. The van der Waals surface area contributed by atoms with Crippen LogP contribution < -0.4 is 10.9 Å². The second kappa shape index (κ2) is 5.94. The van der Waals surface area contributed by atoms with Gasteiger partial charge in [0.15, 0.2) is 0 Å². The van der Waals surface area contributed by atoms with Gasteiger partial charge in [0.25, 0.3) is 5.56 Å². The number of H-pyrrole nitrogens is 1. The number of halogens is 2. The van der Waals surface area contributed by atoms with E-state index in [1.807, 2.05) is 0 Å². The molecule has 0 saturated carbocycles. The minimum Gasteiger partial charge on any atom is -0.378 e. The molecule has 0 saturated heterocycles. The maximum Gasteiger partial charge on any atom is 0.252 e. The summed E-state index contributed by atoms with van der Waals surface area (Å²) < 4.78 is 18.4. The number of ether oxygens (including phenoxy) is 1. The fourth-order valence-electron chi connectivity index (χ4n) is 1.51. The number of aromatic nitrogens is 2. The number of methoxy groups -OCH3 is 1. The van der Waals surface area contributed by atoms with Crippen LogP contribution in [0.2, 0.25) is 0 Å². The van der Waals surface area contributed by atoms with Gasteiger partial charge in [-0.25, -0.2) is 9.37 Å². The molecule has 0 aliphatic carbocycles. The minimum atomic E-state index is -0.355. The van der Waals surface area contributed by atoms with Crippen molar-refractivity contribution in [1.82, 2.24) is 9.97 Å². The fourth-order valence-corrected chi connectivity index (χ4v) is 1.96. The van der Waals surface area contributed by atoms with E-state index in [0.717, 1.165) is 0 Å². The van der Waals surface area contributed by atoms with Crippen LogP contribution in [0.1, 0.15) is 5.69 Å². The van der Waals surface area contributed by atoms with Crippen molar-refractivity contribution in [1.29, 1.82) is 0 Å². The Labute approximate surface area is 117 Å². The molecule has 7 heteroatoms. The fraction of sp³-hybridized carbons (Fsp3) is 0.167. The molecule has 0 radical (unpaired) electrons. The first kappa shape index (κ1) is 13.7. The van der Waals surface area contributed by atoms with Crippen LogP contribution in [0, 0.1) is 5.82 Å². The zero-order valence-corrected chi connectivity index (χ0v) is 11.6. The van der Waals surface area contributed by atoms with Gasteiger partial charge >= 0.3 is 0 Å². The van der Waals surface area contributed by atoms with Gasteiger partial charge < -0.3 is 10.1 Å². The van der Waals surface area contributed by atoms with Crippen LogP contribution in [-0.2, 0) is 11.3 Å². The van der Waals surface area contributed by atoms with Gasteiger partial charge in [-0.05, 0) is 34.1 Å². The summed E-state index contributed by atoms with van der Waals surface area (Å²) in [5.41, 5.74) is 0.814. The van der Waals surface area contributed by atoms with Crippen molar-refractivity contribution in [2.75, 3.05) is 12.4 Å². The van der Waals surface area contributed by atoms with Crippen LogP contribution in [0.25, 0.3) is 0 Å². The molecule has 2 N–H and O–H groups in total. The molecule has 2 aromatic rings. The summed E-state index contributed by atoms with van der Waals surface area (Å²) in [4.78, 5) is 18.2. The lowest BCUT2D eigenvalue weighted by atomic mass is 10.3. The highest BCUT2D eigenvalue weighted by Crippen LogP contribution is 2.24. The lowest BCUT2D eigenvalue weighted by molar-refractivity contribution is 0.181. The van der Waals surface area contributed by atoms with E-state index in [1.165, 1.54) is 25.3 Å². The summed E-state index contributed by atoms with van der Waals surface area (Å²) in [6.07, 6.45) is 0. The molecule has 0 aliphatic heterocycles. The van der Waals surface area contributed by atoms with Crippen LogP contribution in [0.15, 0.2) is 33.5 Å². The first-order valence-electron chi connectivity index (χ1n) is 5.40. The van der Waals surface area contributed by atoms with Gasteiger partial charge in [-0.15, -0.1) is 0 Å². The number of hydrogen-bond donors (Lipinski definition) is 2. The molecule has 0 aliphatic rings. The van der Waals surface area contributed by atoms with Gasteiger partial charge in [0.1, 0.15) is 5.82 Å². The summed E-state index contributed by atoms with van der Waals surface area (Å²) >= 11 is 3.23. The van der Waals surface area contributed by atoms with E-state index in [1.54, 1.807) is 6.07 Å². The molecule has 5 nitrogen and oxygen atoms in total. The molecule has 1 heterocycles. The molecular weight excluding hydrogens is 317 g/mol. The average molecular weight is 328 g/mol. The lowest BCUT2D eigenvalue weighted by Gasteiger charge is -2.08. The van der Waals surface area contributed by atoms with Gasteiger partial charge in [0.2, 0.25) is 5.95 Å². The number of nitrogens with one attached hydrogen (secondary N) is 2. The molecule has 0 fully saturated rings. The van der Waals surface area contributed by atoms with E-state index in [-0.39, 0.29) is 23.9 Å². The SMILES string of the molecule is COCc1cc(=O)[nH]c(Nc2ccc(F)cc2Br)n1. The Hall–Kier alpha value is -1.73. The van der Waals surface area contributed by atoms with E-state index >= 15 is 0 Å². The Morgan fingerprint density at radius 2 is 2.26 bits per heavy atom. The summed E-state index contributed by atoms with van der Waals surface area (Å²) in [5, 5.41) is 2.90. The predicted molar refractivity (Wildman–Crippen MR) is 73.0 cm³/mol. The molecule has 2 rings (SSSR count). The smallest absolute Gasteiger partial charge is 0.252 e. The summed E-state index contributed by atoms with van der Waals surface area (Å²) in [6, 6.07) is 5.53. The van der Waals surface area contributed by atoms with Crippen LogP contribution in [0.3, 0.4) is 0 Å². The van der Waals surface area contributed by atoms with Gasteiger partial charge in [0.05, 0.1) is 18.0 Å². The molecule has 1 aromatic carbocycles. The standard InChI is InChI=1S/C12H11BrFN3O2/c1-19-6-8-5-11(18)17-12(15-8)16-10-3-2-7(14)4-9(10)13/h2-5H,6H2,1H3,(H2,15,16,17,18).